The predicted octanol–water partition coefficient (Wildman–Crippen LogP) is 3.04. The Hall–Kier alpha value is -3.89. The maximum Gasteiger partial charge on any atom is 0.416 e. The van der Waals surface area contributed by atoms with E-state index in [1.165, 1.54) is 12.4 Å². The summed E-state index contributed by atoms with van der Waals surface area (Å²) >= 11 is 0. The van der Waals surface area contributed by atoms with Gasteiger partial charge in [0.2, 0.25) is 10.0 Å². The molecule has 1 saturated heterocycles. The second-order valence-corrected chi connectivity index (χ2v) is 10.0. The first-order chi connectivity index (χ1) is 17.0. The molecule has 1 aromatic carbocycles. The predicted molar refractivity (Wildman–Crippen MR) is 122 cm³/mol. The summed E-state index contributed by atoms with van der Waals surface area (Å²) < 4.78 is 70.2. The molecule has 0 bridgehead atoms. The third kappa shape index (κ3) is 5.19. The SMILES string of the molecule is N#Cc1cn(CC(=O)O)cc1-c1cc(C(F)(F)F)cc(S(=O)(=O)N2CCN(c3ccccn3)CC2)c1. The van der Waals surface area contributed by atoms with Crippen molar-refractivity contribution in [3.8, 4) is 17.2 Å². The first-order valence-corrected chi connectivity index (χ1v) is 12.1. The summed E-state index contributed by atoms with van der Waals surface area (Å²) in [5.74, 6) is -0.538. The van der Waals surface area contributed by atoms with E-state index in [-0.39, 0.29) is 29.8 Å². The van der Waals surface area contributed by atoms with Crippen molar-refractivity contribution in [3.63, 3.8) is 0 Å². The molecule has 1 N–H and O–H groups in total. The minimum absolute atomic E-state index is 0.00118. The Morgan fingerprint density at radius 1 is 1.11 bits per heavy atom. The van der Waals surface area contributed by atoms with Crippen LogP contribution in [0.3, 0.4) is 0 Å². The molecule has 3 heterocycles. The van der Waals surface area contributed by atoms with Crippen LogP contribution in [0.25, 0.3) is 11.1 Å². The van der Waals surface area contributed by atoms with Gasteiger partial charge in [-0.2, -0.15) is 22.7 Å². The second-order valence-electron chi connectivity index (χ2n) is 8.09. The fourth-order valence-electron chi connectivity index (χ4n) is 3.99. The van der Waals surface area contributed by atoms with Crippen molar-refractivity contribution in [2.75, 3.05) is 31.1 Å². The fraction of sp³-hybridized carbons (Fsp3) is 0.261. The largest absolute Gasteiger partial charge is 0.480 e. The third-order valence-electron chi connectivity index (χ3n) is 5.71. The number of rotatable bonds is 6. The highest BCUT2D eigenvalue weighted by molar-refractivity contribution is 7.89. The molecule has 36 heavy (non-hydrogen) atoms. The molecule has 0 aliphatic carbocycles. The summed E-state index contributed by atoms with van der Waals surface area (Å²) in [5.41, 5.74) is -1.43. The van der Waals surface area contributed by atoms with Crippen LogP contribution in [0, 0.1) is 11.3 Å². The molecule has 13 heteroatoms. The Kier molecular flexibility index (Phi) is 6.75. The molecule has 0 atom stereocenters. The Morgan fingerprint density at radius 2 is 1.83 bits per heavy atom. The van der Waals surface area contributed by atoms with Gasteiger partial charge in [0.25, 0.3) is 0 Å². The van der Waals surface area contributed by atoms with Gasteiger partial charge < -0.3 is 14.6 Å². The number of carboxylic acid groups (broad SMARTS) is 1. The smallest absolute Gasteiger partial charge is 0.416 e. The van der Waals surface area contributed by atoms with E-state index < -0.39 is 39.2 Å². The molecule has 0 amide bonds. The monoisotopic (exact) mass is 519 g/mol. The normalized spacial score (nSPS) is 15.0. The lowest BCUT2D eigenvalue weighted by Gasteiger charge is -2.34. The van der Waals surface area contributed by atoms with Gasteiger partial charge in [-0.25, -0.2) is 13.4 Å². The van der Waals surface area contributed by atoms with E-state index in [1.54, 1.807) is 24.4 Å². The van der Waals surface area contributed by atoms with Crippen molar-refractivity contribution in [1.82, 2.24) is 13.9 Å². The van der Waals surface area contributed by atoms with Crippen LogP contribution in [-0.4, -0.2) is 59.5 Å². The fourth-order valence-corrected chi connectivity index (χ4v) is 5.48. The number of halogens is 3. The van der Waals surface area contributed by atoms with Crippen LogP contribution < -0.4 is 4.90 Å². The van der Waals surface area contributed by atoms with Crippen LogP contribution in [0.1, 0.15) is 11.1 Å². The minimum Gasteiger partial charge on any atom is -0.480 e. The Balaban J connectivity index is 1.70. The van der Waals surface area contributed by atoms with Crippen molar-refractivity contribution in [2.24, 2.45) is 0 Å². The second kappa shape index (κ2) is 9.63. The van der Waals surface area contributed by atoms with E-state index in [2.05, 4.69) is 4.98 Å². The molecule has 0 saturated carbocycles. The molecule has 4 rings (SSSR count). The molecule has 1 aliphatic heterocycles. The summed E-state index contributed by atoms with van der Waals surface area (Å²) in [6, 6.07) is 9.56. The van der Waals surface area contributed by atoms with E-state index in [0.717, 1.165) is 21.0 Å². The lowest BCUT2D eigenvalue weighted by atomic mass is 10.0. The van der Waals surface area contributed by atoms with Gasteiger partial charge in [0.15, 0.2) is 0 Å². The summed E-state index contributed by atoms with van der Waals surface area (Å²) in [4.78, 5) is 16.6. The lowest BCUT2D eigenvalue weighted by molar-refractivity contribution is -0.138. The number of hydrogen-bond acceptors (Lipinski definition) is 6. The maximum absolute atomic E-state index is 13.7. The van der Waals surface area contributed by atoms with Crippen LogP contribution in [0.4, 0.5) is 19.0 Å². The van der Waals surface area contributed by atoms with Crippen molar-refractivity contribution in [2.45, 2.75) is 17.6 Å². The maximum atomic E-state index is 13.7. The minimum atomic E-state index is -4.85. The van der Waals surface area contributed by atoms with Gasteiger partial charge in [0, 0.05) is 50.3 Å². The number of nitrogens with zero attached hydrogens (tertiary/aromatic N) is 5. The number of nitriles is 1. The Bertz CT molecular complexity index is 1420. The average molecular weight is 520 g/mol. The molecule has 2 aromatic heterocycles. The van der Waals surface area contributed by atoms with Crippen molar-refractivity contribution >= 4 is 21.8 Å². The van der Waals surface area contributed by atoms with Gasteiger partial charge in [-0.15, -0.1) is 0 Å². The number of piperazine rings is 1. The number of alkyl halides is 3. The molecular weight excluding hydrogens is 499 g/mol. The zero-order valence-electron chi connectivity index (χ0n) is 18.7. The van der Waals surface area contributed by atoms with Gasteiger partial charge in [-0.05, 0) is 35.9 Å². The van der Waals surface area contributed by atoms with E-state index in [9.17, 15) is 31.6 Å². The van der Waals surface area contributed by atoms with Crippen LogP contribution in [-0.2, 0) is 27.5 Å². The van der Waals surface area contributed by atoms with Gasteiger partial charge in [0.05, 0.1) is 16.0 Å². The molecule has 1 aliphatic rings. The quantitative estimate of drug-likeness (QED) is 0.532. The molecule has 0 unspecified atom stereocenters. The first-order valence-electron chi connectivity index (χ1n) is 10.7. The third-order valence-corrected chi connectivity index (χ3v) is 7.59. The number of aliphatic carboxylic acids is 1. The number of carboxylic acids is 1. The lowest BCUT2D eigenvalue weighted by Crippen LogP contribution is -2.48. The van der Waals surface area contributed by atoms with Crippen molar-refractivity contribution in [3.05, 3.63) is 66.1 Å². The topological polar surface area (TPSA) is 120 Å². The number of benzene rings is 1. The molecule has 3 aromatic rings. The summed E-state index contributed by atoms with van der Waals surface area (Å²) in [7, 11) is -4.31. The summed E-state index contributed by atoms with van der Waals surface area (Å²) in [5, 5.41) is 18.4. The standard InChI is InChI=1S/C23H20F3N5O4S/c24-23(25,26)18-9-16(20-14-29(15-22(32)33)13-17(20)12-27)10-19(11-18)36(34,35)31-7-5-30(6-8-31)21-3-1-2-4-28-21/h1-4,9-11,13-14H,5-8,15H2,(H,32,33). The first kappa shape index (κ1) is 25.2. The van der Waals surface area contributed by atoms with Gasteiger partial charge in [-0.1, -0.05) is 6.07 Å². The molecular formula is C23H20F3N5O4S. The van der Waals surface area contributed by atoms with Crippen LogP contribution >= 0.6 is 0 Å². The van der Waals surface area contributed by atoms with E-state index in [0.29, 0.717) is 25.0 Å². The Labute approximate surface area is 204 Å². The molecule has 1 fully saturated rings. The number of aromatic nitrogens is 2. The molecule has 0 spiro atoms. The van der Waals surface area contributed by atoms with Crippen LogP contribution in [0.15, 0.2) is 59.9 Å². The Morgan fingerprint density at radius 3 is 2.42 bits per heavy atom. The van der Waals surface area contributed by atoms with E-state index in [1.807, 2.05) is 11.0 Å². The number of sulfonamides is 1. The number of anilines is 1. The van der Waals surface area contributed by atoms with E-state index in [4.69, 9.17) is 5.11 Å². The number of pyridine rings is 1. The van der Waals surface area contributed by atoms with Gasteiger partial charge in [0.1, 0.15) is 18.4 Å². The van der Waals surface area contributed by atoms with Crippen molar-refractivity contribution < 1.29 is 31.5 Å². The average Bonchev–Trinajstić information content (AvgIpc) is 3.26. The summed E-state index contributed by atoms with van der Waals surface area (Å²) in [6.45, 7) is 0.183. The zero-order chi connectivity index (χ0) is 26.1. The molecule has 9 nitrogen and oxygen atoms in total. The highest BCUT2D eigenvalue weighted by Crippen LogP contribution is 2.36. The zero-order valence-corrected chi connectivity index (χ0v) is 19.5. The molecule has 0 radical (unpaired) electrons. The number of carbonyl (C=O) groups is 1. The van der Waals surface area contributed by atoms with Gasteiger partial charge >= 0.3 is 12.1 Å². The van der Waals surface area contributed by atoms with Gasteiger partial charge in [-0.3, -0.25) is 4.79 Å². The summed E-state index contributed by atoms with van der Waals surface area (Å²) in [6.07, 6.45) is -0.838. The van der Waals surface area contributed by atoms with Crippen molar-refractivity contribution in [1.29, 1.82) is 5.26 Å². The molecule has 188 valence electrons. The van der Waals surface area contributed by atoms with Crippen LogP contribution in [0.5, 0.6) is 0 Å². The highest BCUT2D eigenvalue weighted by Gasteiger charge is 2.35. The highest BCUT2D eigenvalue weighted by atomic mass is 32.2. The van der Waals surface area contributed by atoms with E-state index >= 15 is 0 Å². The van der Waals surface area contributed by atoms with Crippen LogP contribution in [0.2, 0.25) is 0 Å². The number of hydrogen-bond donors (Lipinski definition) is 1.